The third-order valence-corrected chi connectivity index (χ3v) is 4.00. The van der Waals surface area contributed by atoms with Crippen molar-refractivity contribution < 1.29 is 0 Å². The number of hydrogen-bond acceptors (Lipinski definition) is 1. The second-order valence-electron chi connectivity index (χ2n) is 5.47. The standard InChI is InChI=1S/C17H19S/c1-17(2,3)15-9-11-16(12-10-15)18-13-14-7-5-4-6-8-14/h5-12H,13H2,1-3H3. The molecule has 0 N–H and O–H groups in total. The van der Waals surface area contributed by atoms with E-state index in [0.29, 0.717) is 0 Å². The van der Waals surface area contributed by atoms with Crippen molar-refractivity contribution >= 4 is 11.8 Å². The van der Waals surface area contributed by atoms with Gasteiger partial charge in [0.25, 0.3) is 0 Å². The quantitative estimate of drug-likeness (QED) is 0.689. The van der Waals surface area contributed by atoms with E-state index in [0.717, 1.165) is 5.75 Å². The lowest BCUT2D eigenvalue weighted by Gasteiger charge is -2.19. The van der Waals surface area contributed by atoms with Gasteiger partial charge in [0, 0.05) is 10.6 Å². The lowest BCUT2D eigenvalue weighted by molar-refractivity contribution is 0.590. The molecule has 0 aliphatic heterocycles. The maximum atomic E-state index is 3.05. The summed E-state index contributed by atoms with van der Waals surface area (Å²) < 4.78 is 0. The van der Waals surface area contributed by atoms with Crippen molar-refractivity contribution in [1.82, 2.24) is 0 Å². The predicted molar refractivity (Wildman–Crippen MR) is 80.0 cm³/mol. The Kier molecular flexibility index (Phi) is 4.13. The molecule has 0 aliphatic carbocycles. The molecule has 1 radical (unpaired) electrons. The Labute approximate surface area is 114 Å². The van der Waals surface area contributed by atoms with Crippen molar-refractivity contribution in [3.05, 3.63) is 65.7 Å². The normalized spacial score (nSPS) is 11.5. The third-order valence-electron chi connectivity index (χ3n) is 2.91. The van der Waals surface area contributed by atoms with Gasteiger partial charge in [0.15, 0.2) is 0 Å². The van der Waals surface area contributed by atoms with Gasteiger partial charge < -0.3 is 0 Å². The molecule has 0 heterocycles. The van der Waals surface area contributed by atoms with Crippen molar-refractivity contribution in [1.29, 1.82) is 0 Å². The maximum Gasteiger partial charge on any atom is 0.0232 e. The van der Waals surface area contributed by atoms with Crippen LogP contribution in [0, 0.1) is 6.07 Å². The van der Waals surface area contributed by atoms with Crippen molar-refractivity contribution in [3.63, 3.8) is 0 Å². The van der Waals surface area contributed by atoms with E-state index in [1.54, 1.807) is 0 Å². The molecule has 0 aliphatic rings. The van der Waals surface area contributed by atoms with E-state index < -0.39 is 0 Å². The third kappa shape index (κ3) is 3.64. The van der Waals surface area contributed by atoms with Crippen LogP contribution in [0.2, 0.25) is 0 Å². The van der Waals surface area contributed by atoms with Crippen LogP contribution < -0.4 is 0 Å². The molecule has 0 atom stereocenters. The summed E-state index contributed by atoms with van der Waals surface area (Å²) in [5.41, 5.74) is 2.97. The Morgan fingerprint density at radius 3 is 2.11 bits per heavy atom. The number of rotatable bonds is 3. The monoisotopic (exact) mass is 255 g/mol. The fraction of sp³-hybridized carbons (Fsp3) is 0.294. The highest BCUT2D eigenvalue weighted by Crippen LogP contribution is 2.27. The van der Waals surface area contributed by atoms with Gasteiger partial charge in [0.2, 0.25) is 0 Å². The average molecular weight is 255 g/mol. The molecule has 0 nitrogen and oxygen atoms in total. The van der Waals surface area contributed by atoms with Crippen LogP contribution in [0.3, 0.4) is 0 Å². The molecular formula is C17H19S. The van der Waals surface area contributed by atoms with Gasteiger partial charge in [-0.2, -0.15) is 0 Å². The number of thioether (sulfide) groups is 1. The van der Waals surface area contributed by atoms with Gasteiger partial charge in [0.1, 0.15) is 0 Å². The lowest BCUT2D eigenvalue weighted by Crippen LogP contribution is -2.10. The molecule has 2 aromatic carbocycles. The van der Waals surface area contributed by atoms with Crippen LogP contribution in [0.1, 0.15) is 31.9 Å². The summed E-state index contributed by atoms with van der Waals surface area (Å²) in [5.74, 6) is 1.02. The SMILES string of the molecule is CC(C)(C)c1ccc(SCc2cc[c]cc2)cc1. The van der Waals surface area contributed by atoms with Gasteiger partial charge in [-0.1, -0.05) is 57.2 Å². The molecule has 0 saturated carbocycles. The molecule has 0 aromatic heterocycles. The van der Waals surface area contributed by atoms with Gasteiger partial charge in [-0.05, 0) is 34.7 Å². The highest BCUT2D eigenvalue weighted by Gasteiger charge is 2.12. The Hall–Kier alpha value is -1.21. The fourth-order valence-corrected chi connectivity index (χ4v) is 2.59. The van der Waals surface area contributed by atoms with E-state index in [2.05, 4.69) is 63.2 Å². The van der Waals surface area contributed by atoms with E-state index in [1.165, 1.54) is 16.0 Å². The molecular weight excluding hydrogens is 236 g/mol. The van der Waals surface area contributed by atoms with Crippen LogP contribution in [0.5, 0.6) is 0 Å². The van der Waals surface area contributed by atoms with E-state index in [9.17, 15) is 0 Å². The molecule has 2 aromatic rings. The molecule has 1 heteroatoms. The molecule has 0 amide bonds. The van der Waals surface area contributed by atoms with E-state index in [-0.39, 0.29) is 5.41 Å². The van der Waals surface area contributed by atoms with Crippen LogP contribution >= 0.6 is 11.8 Å². The fourth-order valence-electron chi connectivity index (χ4n) is 1.74. The lowest BCUT2D eigenvalue weighted by atomic mass is 9.87. The van der Waals surface area contributed by atoms with Crippen LogP contribution in [-0.2, 0) is 11.2 Å². The Morgan fingerprint density at radius 2 is 1.56 bits per heavy atom. The smallest absolute Gasteiger partial charge is 0.0232 e. The molecule has 93 valence electrons. The summed E-state index contributed by atoms with van der Waals surface area (Å²) in [6, 6.07) is 20.2. The molecule has 0 bridgehead atoms. The summed E-state index contributed by atoms with van der Waals surface area (Å²) in [6.07, 6.45) is 0. The first kappa shape index (κ1) is 13.2. The molecule has 18 heavy (non-hydrogen) atoms. The maximum absolute atomic E-state index is 3.05. The van der Waals surface area contributed by atoms with E-state index >= 15 is 0 Å². The highest BCUT2D eigenvalue weighted by atomic mass is 32.2. The van der Waals surface area contributed by atoms with Crippen molar-refractivity contribution in [3.8, 4) is 0 Å². The Bertz CT molecular complexity index is 477. The van der Waals surface area contributed by atoms with Crippen molar-refractivity contribution in [2.45, 2.75) is 36.8 Å². The molecule has 0 spiro atoms. The first-order valence-corrected chi connectivity index (χ1v) is 7.22. The predicted octanol–water partition coefficient (Wildman–Crippen LogP) is 5.08. The minimum absolute atomic E-state index is 0.235. The first-order valence-electron chi connectivity index (χ1n) is 6.24. The van der Waals surface area contributed by atoms with Crippen LogP contribution in [0.4, 0.5) is 0 Å². The minimum atomic E-state index is 0.235. The molecule has 0 saturated heterocycles. The van der Waals surface area contributed by atoms with Crippen LogP contribution in [-0.4, -0.2) is 0 Å². The van der Waals surface area contributed by atoms with Gasteiger partial charge in [0.05, 0.1) is 0 Å². The molecule has 2 rings (SSSR count). The zero-order chi connectivity index (χ0) is 13.0. The highest BCUT2D eigenvalue weighted by molar-refractivity contribution is 7.98. The average Bonchev–Trinajstić information content (AvgIpc) is 2.37. The van der Waals surface area contributed by atoms with Gasteiger partial charge in [-0.25, -0.2) is 0 Å². The van der Waals surface area contributed by atoms with Crippen molar-refractivity contribution in [2.24, 2.45) is 0 Å². The summed E-state index contributed by atoms with van der Waals surface area (Å²) >= 11 is 1.88. The molecule has 0 unspecified atom stereocenters. The van der Waals surface area contributed by atoms with Gasteiger partial charge in [-0.15, -0.1) is 11.8 Å². The van der Waals surface area contributed by atoms with E-state index in [1.807, 2.05) is 23.9 Å². The number of benzene rings is 2. The van der Waals surface area contributed by atoms with E-state index in [4.69, 9.17) is 0 Å². The second-order valence-corrected chi connectivity index (χ2v) is 6.52. The minimum Gasteiger partial charge on any atom is -0.121 e. The summed E-state index contributed by atoms with van der Waals surface area (Å²) in [4.78, 5) is 1.33. The first-order chi connectivity index (χ1) is 8.55. The largest absolute Gasteiger partial charge is 0.121 e. The van der Waals surface area contributed by atoms with Crippen molar-refractivity contribution in [2.75, 3.05) is 0 Å². The number of hydrogen-bond donors (Lipinski definition) is 0. The van der Waals surface area contributed by atoms with Crippen LogP contribution in [0.15, 0.2) is 53.4 Å². The Morgan fingerprint density at radius 1 is 0.944 bits per heavy atom. The topological polar surface area (TPSA) is 0 Å². The zero-order valence-corrected chi connectivity index (χ0v) is 12.1. The molecule has 0 fully saturated rings. The zero-order valence-electron chi connectivity index (χ0n) is 11.2. The Balaban J connectivity index is 1.99. The summed E-state index contributed by atoms with van der Waals surface area (Å²) in [7, 11) is 0. The summed E-state index contributed by atoms with van der Waals surface area (Å²) in [5, 5.41) is 0. The van der Waals surface area contributed by atoms with Crippen LogP contribution in [0.25, 0.3) is 0 Å². The van der Waals surface area contributed by atoms with Gasteiger partial charge in [-0.3, -0.25) is 0 Å². The summed E-state index contributed by atoms with van der Waals surface area (Å²) in [6.45, 7) is 6.74. The second kappa shape index (κ2) is 5.62. The van der Waals surface area contributed by atoms with Gasteiger partial charge >= 0.3 is 0 Å².